The largest absolute Gasteiger partial charge is 0.389 e. The Bertz CT molecular complexity index is 531. The molecule has 1 rings (SSSR count). The van der Waals surface area contributed by atoms with Gasteiger partial charge in [-0.05, 0) is 18.2 Å². The van der Waals surface area contributed by atoms with E-state index in [0.29, 0.717) is 16.3 Å². The van der Waals surface area contributed by atoms with E-state index < -0.39 is 10.0 Å². The number of sulfonamides is 1. The zero-order valence-corrected chi connectivity index (χ0v) is 11.2. The van der Waals surface area contributed by atoms with E-state index in [-0.39, 0.29) is 17.3 Å². The number of benzene rings is 1. The predicted octanol–water partition coefficient (Wildman–Crippen LogP) is 0.675. The summed E-state index contributed by atoms with van der Waals surface area (Å²) in [7, 11) is -3.49. The number of thiocarbonyl (C=S) groups is 1. The molecule has 0 aliphatic rings. The second-order valence-electron chi connectivity index (χ2n) is 3.35. The van der Waals surface area contributed by atoms with Crippen LogP contribution < -0.4 is 16.2 Å². The fourth-order valence-electron chi connectivity index (χ4n) is 1.20. The van der Waals surface area contributed by atoms with Crippen LogP contribution in [-0.2, 0) is 10.0 Å². The van der Waals surface area contributed by atoms with Crippen LogP contribution in [0.5, 0.6) is 0 Å². The molecule has 0 spiro atoms. The van der Waals surface area contributed by atoms with Crippen molar-refractivity contribution in [3.8, 4) is 0 Å². The number of hydrogen-bond acceptors (Lipinski definition) is 4. The third-order valence-electron chi connectivity index (χ3n) is 1.95. The van der Waals surface area contributed by atoms with E-state index in [4.69, 9.17) is 34.7 Å². The monoisotopic (exact) mass is 293 g/mol. The topological polar surface area (TPSA) is 98.2 Å². The Balaban J connectivity index is 2.81. The highest BCUT2D eigenvalue weighted by Gasteiger charge is 2.07. The smallest absolute Gasteiger partial charge is 0.210 e. The van der Waals surface area contributed by atoms with Gasteiger partial charge in [-0.2, -0.15) is 0 Å². The van der Waals surface area contributed by atoms with Crippen molar-refractivity contribution in [2.24, 2.45) is 10.9 Å². The van der Waals surface area contributed by atoms with E-state index in [1.54, 1.807) is 18.2 Å². The van der Waals surface area contributed by atoms with E-state index >= 15 is 0 Å². The standard InChI is InChI=1S/C9H12ClN3O2S2/c10-6-1-2-8(7(5-6)9(11)16)13-3-4-17(12,14)15/h1-2,5,13H,3-4H2,(H2,11,16)(H2,12,14,15). The number of anilines is 1. The SMILES string of the molecule is NC(=S)c1cc(Cl)ccc1NCCS(N)(=O)=O. The van der Waals surface area contributed by atoms with Crippen molar-refractivity contribution in [2.45, 2.75) is 0 Å². The fourth-order valence-corrected chi connectivity index (χ4v) is 1.93. The molecule has 0 fully saturated rings. The van der Waals surface area contributed by atoms with Gasteiger partial charge < -0.3 is 11.1 Å². The number of primary sulfonamides is 1. The van der Waals surface area contributed by atoms with Gasteiger partial charge in [-0.15, -0.1) is 0 Å². The van der Waals surface area contributed by atoms with Crippen molar-refractivity contribution in [3.05, 3.63) is 28.8 Å². The lowest BCUT2D eigenvalue weighted by molar-refractivity contribution is 0.598. The van der Waals surface area contributed by atoms with Gasteiger partial charge in [0.05, 0.1) is 5.75 Å². The molecule has 1 aromatic carbocycles. The van der Waals surface area contributed by atoms with Crippen LogP contribution in [0.1, 0.15) is 5.56 Å². The second-order valence-corrected chi connectivity index (χ2v) is 5.96. The number of hydrogen-bond donors (Lipinski definition) is 3. The second kappa shape index (κ2) is 5.63. The molecular weight excluding hydrogens is 282 g/mol. The Labute approximate surface area is 110 Å². The van der Waals surface area contributed by atoms with Crippen LogP contribution in [0.15, 0.2) is 18.2 Å². The summed E-state index contributed by atoms with van der Waals surface area (Å²) < 4.78 is 21.5. The van der Waals surface area contributed by atoms with Crippen LogP contribution >= 0.6 is 23.8 Å². The molecule has 0 amide bonds. The van der Waals surface area contributed by atoms with Crippen molar-refractivity contribution in [1.29, 1.82) is 0 Å². The summed E-state index contributed by atoms with van der Waals surface area (Å²) in [6, 6.07) is 4.95. The summed E-state index contributed by atoms with van der Waals surface area (Å²) in [5, 5.41) is 8.28. The van der Waals surface area contributed by atoms with Gasteiger partial charge in [0.2, 0.25) is 10.0 Å². The molecule has 0 bridgehead atoms. The van der Waals surface area contributed by atoms with Gasteiger partial charge in [0.1, 0.15) is 4.99 Å². The van der Waals surface area contributed by atoms with E-state index in [0.717, 1.165) is 0 Å². The van der Waals surface area contributed by atoms with Crippen molar-refractivity contribution >= 4 is 44.5 Å². The van der Waals surface area contributed by atoms with E-state index in [9.17, 15) is 8.42 Å². The highest BCUT2D eigenvalue weighted by Crippen LogP contribution is 2.20. The van der Waals surface area contributed by atoms with Gasteiger partial charge >= 0.3 is 0 Å². The van der Waals surface area contributed by atoms with Crippen molar-refractivity contribution in [1.82, 2.24) is 0 Å². The Morgan fingerprint density at radius 1 is 1.47 bits per heavy atom. The normalized spacial score (nSPS) is 11.2. The number of rotatable bonds is 5. The summed E-state index contributed by atoms with van der Waals surface area (Å²) in [5.41, 5.74) is 6.73. The van der Waals surface area contributed by atoms with Crippen molar-refractivity contribution in [3.63, 3.8) is 0 Å². The molecule has 8 heteroatoms. The minimum Gasteiger partial charge on any atom is -0.389 e. The van der Waals surface area contributed by atoms with Gasteiger partial charge in [0, 0.05) is 22.8 Å². The summed E-state index contributed by atoms with van der Waals surface area (Å²) in [4.78, 5) is 0.186. The van der Waals surface area contributed by atoms with Crippen LogP contribution in [0.4, 0.5) is 5.69 Å². The maximum atomic E-state index is 10.8. The van der Waals surface area contributed by atoms with Gasteiger partial charge in [0.15, 0.2) is 0 Å². The zero-order valence-electron chi connectivity index (χ0n) is 8.81. The van der Waals surface area contributed by atoms with Gasteiger partial charge in [-0.3, -0.25) is 0 Å². The molecule has 0 aliphatic heterocycles. The summed E-state index contributed by atoms with van der Waals surface area (Å²) in [6.07, 6.45) is 0. The quantitative estimate of drug-likeness (QED) is 0.693. The first-order chi connectivity index (χ1) is 7.79. The van der Waals surface area contributed by atoms with Crippen LogP contribution in [0, 0.1) is 0 Å². The van der Waals surface area contributed by atoms with Crippen LogP contribution in [0.25, 0.3) is 0 Å². The van der Waals surface area contributed by atoms with Gasteiger partial charge in [-0.1, -0.05) is 23.8 Å². The average Bonchev–Trinajstić information content (AvgIpc) is 2.18. The molecule has 94 valence electrons. The first kappa shape index (κ1) is 14.2. The molecule has 0 aromatic heterocycles. The van der Waals surface area contributed by atoms with Gasteiger partial charge in [0.25, 0.3) is 0 Å². The minimum absolute atomic E-state index is 0.174. The third kappa shape index (κ3) is 4.86. The van der Waals surface area contributed by atoms with E-state index in [1.165, 1.54) is 0 Å². The van der Waals surface area contributed by atoms with Crippen molar-refractivity contribution < 1.29 is 8.42 Å². The van der Waals surface area contributed by atoms with Crippen molar-refractivity contribution in [2.75, 3.05) is 17.6 Å². The molecule has 0 radical (unpaired) electrons. The zero-order chi connectivity index (χ0) is 13.1. The maximum absolute atomic E-state index is 10.8. The highest BCUT2D eigenvalue weighted by molar-refractivity contribution is 7.89. The molecular formula is C9H12ClN3O2S2. The van der Waals surface area contributed by atoms with E-state index in [1.807, 2.05) is 0 Å². The molecule has 0 saturated heterocycles. The van der Waals surface area contributed by atoms with Crippen LogP contribution in [0.2, 0.25) is 5.02 Å². The third-order valence-corrected chi connectivity index (χ3v) is 3.18. The molecule has 0 atom stereocenters. The molecule has 0 saturated carbocycles. The van der Waals surface area contributed by atoms with Gasteiger partial charge in [-0.25, -0.2) is 13.6 Å². The number of nitrogens with one attached hydrogen (secondary N) is 1. The lowest BCUT2D eigenvalue weighted by atomic mass is 10.2. The number of nitrogens with two attached hydrogens (primary N) is 2. The molecule has 17 heavy (non-hydrogen) atoms. The molecule has 5 nitrogen and oxygen atoms in total. The summed E-state index contributed by atoms with van der Waals surface area (Å²) in [5.74, 6) is -0.174. The van der Waals surface area contributed by atoms with Crippen LogP contribution in [-0.4, -0.2) is 25.7 Å². The fraction of sp³-hybridized carbons (Fsp3) is 0.222. The van der Waals surface area contributed by atoms with Crippen LogP contribution in [0.3, 0.4) is 0 Å². The Morgan fingerprint density at radius 2 is 2.12 bits per heavy atom. The Hall–Kier alpha value is -0.890. The first-order valence-corrected chi connectivity index (χ1v) is 7.13. The average molecular weight is 294 g/mol. The summed E-state index contributed by atoms with van der Waals surface area (Å²) in [6.45, 7) is 0.177. The number of halogens is 1. The molecule has 5 N–H and O–H groups in total. The molecule has 0 heterocycles. The minimum atomic E-state index is -3.49. The maximum Gasteiger partial charge on any atom is 0.210 e. The first-order valence-electron chi connectivity index (χ1n) is 4.63. The lowest BCUT2D eigenvalue weighted by Crippen LogP contribution is -2.23. The molecule has 0 aliphatic carbocycles. The highest BCUT2D eigenvalue weighted by atomic mass is 35.5. The predicted molar refractivity (Wildman–Crippen MR) is 73.8 cm³/mol. The van der Waals surface area contributed by atoms with E-state index in [2.05, 4.69) is 5.32 Å². The molecule has 1 aromatic rings. The Kier molecular flexibility index (Phi) is 4.70. The molecule has 0 unspecified atom stereocenters. The lowest BCUT2D eigenvalue weighted by Gasteiger charge is -2.10. The summed E-state index contributed by atoms with van der Waals surface area (Å²) >= 11 is 10.7. The Morgan fingerprint density at radius 3 is 2.65 bits per heavy atom.